The number of anilines is 1. The smallest absolute Gasteiger partial charge is 0.143 e. The summed E-state index contributed by atoms with van der Waals surface area (Å²) >= 11 is 0. The predicted octanol–water partition coefficient (Wildman–Crippen LogP) is 2.98. The molecular weight excluding hydrogens is 241 g/mol. The first-order valence-electron chi connectivity index (χ1n) is 6.91. The third-order valence-corrected chi connectivity index (χ3v) is 3.59. The molecule has 4 heteroatoms. The van der Waals surface area contributed by atoms with Crippen LogP contribution in [-0.2, 0) is 0 Å². The van der Waals surface area contributed by atoms with Gasteiger partial charge in [0.2, 0.25) is 0 Å². The normalized spacial score (nSPS) is 17.1. The number of rotatable bonds is 4. The molecule has 0 unspecified atom stereocenters. The van der Waals surface area contributed by atoms with Gasteiger partial charge >= 0.3 is 0 Å². The highest BCUT2D eigenvalue weighted by molar-refractivity contribution is 5.48. The van der Waals surface area contributed by atoms with Crippen LogP contribution in [0.2, 0.25) is 0 Å². The van der Waals surface area contributed by atoms with E-state index in [1.165, 1.54) is 18.6 Å². The van der Waals surface area contributed by atoms with E-state index in [0.717, 1.165) is 38.2 Å². The van der Waals surface area contributed by atoms with Crippen molar-refractivity contribution in [3.8, 4) is 6.07 Å². The molecule has 1 aliphatic rings. The van der Waals surface area contributed by atoms with Crippen LogP contribution in [0.3, 0.4) is 0 Å². The Balaban J connectivity index is 1.89. The maximum absolute atomic E-state index is 13.5. The molecule has 0 radical (unpaired) electrons. The Morgan fingerprint density at radius 3 is 2.74 bits per heavy atom. The van der Waals surface area contributed by atoms with Gasteiger partial charge in [-0.05, 0) is 44.0 Å². The van der Waals surface area contributed by atoms with Crippen molar-refractivity contribution in [3.05, 3.63) is 29.6 Å². The minimum absolute atomic E-state index is 0.100. The third kappa shape index (κ3) is 3.68. The quantitative estimate of drug-likeness (QED) is 0.905. The topological polar surface area (TPSA) is 39.1 Å². The monoisotopic (exact) mass is 261 g/mol. The molecule has 1 heterocycles. The Kier molecular flexibility index (Phi) is 4.75. The van der Waals surface area contributed by atoms with E-state index in [4.69, 9.17) is 5.26 Å². The Hall–Kier alpha value is -1.60. The summed E-state index contributed by atoms with van der Waals surface area (Å²) in [5.74, 6) is -0.448. The number of piperidine rings is 1. The van der Waals surface area contributed by atoms with Gasteiger partial charge in [0.1, 0.15) is 11.9 Å². The summed E-state index contributed by atoms with van der Waals surface area (Å²) < 4.78 is 13.5. The van der Waals surface area contributed by atoms with Crippen LogP contribution < -0.4 is 5.32 Å². The van der Waals surface area contributed by atoms with Gasteiger partial charge in [0.25, 0.3) is 0 Å². The summed E-state index contributed by atoms with van der Waals surface area (Å²) in [4.78, 5) is 2.47. The number of benzene rings is 1. The molecule has 1 aromatic rings. The van der Waals surface area contributed by atoms with Crippen molar-refractivity contribution in [1.29, 1.82) is 5.26 Å². The van der Waals surface area contributed by atoms with E-state index in [1.807, 2.05) is 6.07 Å². The zero-order chi connectivity index (χ0) is 13.7. The van der Waals surface area contributed by atoms with Crippen LogP contribution in [-0.4, -0.2) is 30.6 Å². The Bertz CT molecular complexity index is 459. The number of halogens is 1. The van der Waals surface area contributed by atoms with Gasteiger partial charge in [-0.1, -0.05) is 6.92 Å². The van der Waals surface area contributed by atoms with Crippen LogP contribution >= 0.6 is 0 Å². The molecule has 0 bridgehead atoms. The summed E-state index contributed by atoms with van der Waals surface area (Å²) in [7, 11) is 0. The molecule has 0 spiro atoms. The zero-order valence-electron chi connectivity index (χ0n) is 11.3. The molecule has 1 aromatic carbocycles. The van der Waals surface area contributed by atoms with Gasteiger partial charge in [0, 0.05) is 24.8 Å². The number of nitrogens with one attached hydrogen (secondary N) is 1. The average Bonchev–Trinajstić information content (AvgIpc) is 2.42. The maximum atomic E-state index is 13.5. The van der Waals surface area contributed by atoms with Crippen LogP contribution in [0.1, 0.15) is 31.7 Å². The highest BCUT2D eigenvalue weighted by atomic mass is 19.1. The molecule has 0 atom stereocenters. The summed E-state index contributed by atoms with van der Waals surface area (Å²) in [6.45, 7) is 5.57. The lowest BCUT2D eigenvalue weighted by Gasteiger charge is -2.32. The van der Waals surface area contributed by atoms with E-state index in [1.54, 1.807) is 6.07 Å². The summed E-state index contributed by atoms with van der Waals surface area (Å²) in [5, 5.41) is 12.1. The second-order valence-electron chi connectivity index (χ2n) is 5.07. The zero-order valence-corrected chi connectivity index (χ0v) is 11.3. The molecular formula is C15H20FN3. The van der Waals surface area contributed by atoms with Crippen molar-refractivity contribution in [2.75, 3.05) is 25.0 Å². The minimum atomic E-state index is -0.448. The predicted molar refractivity (Wildman–Crippen MR) is 74.5 cm³/mol. The highest BCUT2D eigenvalue weighted by Crippen LogP contribution is 2.19. The molecule has 0 aromatic heterocycles. The first-order valence-corrected chi connectivity index (χ1v) is 6.91. The molecule has 1 saturated heterocycles. The largest absolute Gasteiger partial charge is 0.382 e. The Morgan fingerprint density at radius 2 is 2.16 bits per heavy atom. The molecule has 0 saturated carbocycles. The first-order chi connectivity index (χ1) is 9.22. The standard InChI is InChI=1S/C15H20FN3/c1-2-7-19-8-5-13(6-9-19)18-14-4-3-12(11-17)15(16)10-14/h3-4,10,13,18H,2,5-9H2,1H3. The van der Waals surface area contributed by atoms with E-state index in [0.29, 0.717) is 6.04 Å². The van der Waals surface area contributed by atoms with Gasteiger partial charge in [-0.25, -0.2) is 4.39 Å². The minimum Gasteiger partial charge on any atom is -0.382 e. The average molecular weight is 261 g/mol. The van der Waals surface area contributed by atoms with Crippen molar-refractivity contribution >= 4 is 5.69 Å². The Morgan fingerprint density at radius 1 is 1.42 bits per heavy atom. The fraction of sp³-hybridized carbons (Fsp3) is 0.533. The van der Waals surface area contributed by atoms with E-state index in [2.05, 4.69) is 17.1 Å². The number of nitriles is 1. The van der Waals surface area contributed by atoms with Crippen molar-refractivity contribution in [2.45, 2.75) is 32.2 Å². The number of likely N-dealkylation sites (tertiary alicyclic amines) is 1. The van der Waals surface area contributed by atoms with Crippen LogP contribution in [0.4, 0.5) is 10.1 Å². The van der Waals surface area contributed by atoms with E-state index >= 15 is 0 Å². The van der Waals surface area contributed by atoms with Gasteiger partial charge in [-0.3, -0.25) is 0 Å². The molecule has 0 amide bonds. The lowest BCUT2D eigenvalue weighted by Crippen LogP contribution is -2.39. The van der Waals surface area contributed by atoms with Gasteiger partial charge in [-0.15, -0.1) is 0 Å². The Labute approximate surface area is 114 Å². The summed E-state index contributed by atoms with van der Waals surface area (Å²) in [6, 6.07) is 6.96. The SMILES string of the molecule is CCCN1CCC(Nc2ccc(C#N)c(F)c2)CC1. The number of hydrogen-bond acceptors (Lipinski definition) is 3. The van der Waals surface area contributed by atoms with Gasteiger partial charge in [0.05, 0.1) is 5.56 Å². The fourth-order valence-electron chi connectivity index (χ4n) is 2.55. The molecule has 2 rings (SSSR count). The van der Waals surface area contributed by atoms with E-state index in [9.17, 15) is 4.39 Å². The van der Waals surface area contributed by atoms with Crippen LogP contribution in [0.25, 0.3) is 0 Å². The summed E-state index contributed by atoms with van der Waals surface area (Å²) in [6.07, 6.45) is 3.36. The molecule has 1 N–H and O–H groups in total. The molecule has 1 aliphatic heterocycles. The third-order valence-electron chi connectivity index (χ3n) is 3.59. The van der Waals surface area contributed by atoms with Crippen LogP contribution in [0.5, 0.6) is 0 Å². The molecule has 3 nitrogen and oxygen atoms in total. The van der Waals surface area contributed by atoms with Gasteiger partial charge in [-0.2, -0.15) is 5.26 Å². The van der Waals surface area contributed by atoms with Crippen LogP contribution in [0.15, 0.2) is 18.2 Å². The molecule has 102 valence electrons. The lowest BCUT2D eigenvalue weighted by molar-refractivity contribution is 0.219. The van der Waals surface area contributed by atoms with Crippen molar-refractivity contribution in [2.24, 2.45) is 0 Å². The molecule has 1 fully saturated rings. The second kappa shape index (κ2) is 6.53. The van der Waals surface area contributed by atoms with Crippen molar-refractivity contribution < 1.29 is 4.39 Å². The van der Waals surface area contributed by atoms with Gasteiger partial charge < -0.3 is 10.2 Å². The lowest BCUT2D eigenvalue weighted by atomic mass is 10.0. The number of nitrogens with zero attached hydrogens (tertiary/aromatic N) is 2. The number of hydrogen-bond donors (Lipinski definition) is 1. The highest BCUT2D eigenvalue weighted by Gasteiger charge is 2.18. The first kappa shape index (κ1) is 13.8. The second-order valence-corrected chi connectivity index (χ2v) is 5.07. The van der Waals surface area contributed by atoms with Crippen LogP contribution in [0, 0.1) is 17.1 Å². The van der Waals surface area contributed by atoms with E-state index < -0.39 is 5.82 Å². The summed E-state index contributed by atoms with van der Waals surface area (Å²) in [5.41, 5.74) is 0.869. The van der Waals surface area contributed by atoms with E-state index in [-0.39, 0.29) is 5.56 Å². The maximum Gasteiger partial charge on any atom is 0.143 e. The van der Waals surface area contributed by atoms with Crippen molar-refractivity contribution in [1.82, 2.24) is 4.90 Å². The van der Waals surface area contributed by atoms with Gasteiger partial charge in [0.15, 0.2) is 0 Å². The molecule has 19 heavy (non-hydrogen) atoms. The fourth-order valence-corrected chi connectivity index (χ4v) is 2.55. The van der Waals surface area contributed by atoms with Crippen molar-refractivity contribution in [3.63, 3.8) is 0 Å². The molecule has 0 aliphatic carbocycles.